The second-order valence-corrected chi connectivity index (χ2v) is 5.06. The third kappa shape index (κ3) is 5.67. The van der Waals surface area contributed by atoms with Crippen LogP contribution in [0.2, 0.25) is 0 Å². The Morgan fingerprint density at radius 1 is 1.27 bits per heavy atom. The molecule has 0 heterocycles. The average molecular weight is 252 g/mol. The molecule has 0 aliphatic heterocycles. The minimum absolute atomic E-state index is 0.158. The molecule has 0 spiro atoms. The van der Waals surface area contributed by atoms with Gasteiger partial charge in [-0.25, -0.2) is 0 Å². The number of carboxylic acids is 2. The molecular formula is C7H12N2O4S2. The number of carbonyl (C=O) groups is 2. The van der Waals surface area contributed by atoms with Gasteiger partial charge in [0.2, 0.25) is 0 Å². The summed E-state index contributed by atoms with van der Waals surface area (Å²) in [5.41, 5.74) is 10.5. The van der Waals surface area contributed by atoms with Crippen LogP contribution in [0.1, 0.15) is 0 Å². The van der Waals surface area contributed by atoms with Gasteiger partial charge in [-0.05, 0) is 0 Å². The van der Waals surface area contributed by atoms with Crippen molar-refractivity contribution in [2.24, 2.45) is 11.5 Å². The molecule has 0 aromatic carbocycles. The van der Waals surface area contributed by atoms with E-state index in [9.17, 15) is 9.59 Å². The minimum Gasteiger partial charge on any atom is -0.480 e. The van der Waals surface area contributed by atoms with Crippen LogP contribution in [-0.4, -0.2) is 40.0 Å². The van der Waals surface area contributed by atoms with Gasteiger partial charge >= 0.3 is 11.9 Å². The summed E-state index contributed by atoms with van der Waals surface area (Å²) in [6.07, 6.45) is 0. The first-order valence-electron chi connectivity index (χ1n) is 3.81. The molecule has 8 heteroatoms. The highest BCUT2D eigenvalue weighted by molar-refractivity contribution is 8.78. The van der Waals surface area contributed by atoms with Crippen LogP contribution in [0, 0.1) is 0 Å². The maximum absolute atomic E-state index is 10.4. The molecule has 6 N–H and O–H groups in total. The minimum atomic E-state index is -1.17. The molecule has 0 bridgehead atoms. The summed E-state index contributed by atoms with van der Waals surface area (Å²) in [6, 6.07) is -2.13. The molecule has 0 aromatic heterocycles. The highest BCUT2D eigenvalue weighted by atomic mass is 33.1. The Kier molecular flexibility index (Phi) is 6.41. The molecule has 0 amide bonds. The van der Waals surface area contributed by atoms with Crippen LogP contribution in [0.25, 0.3) is 0 Å². The lowest BCUT2D eigenvalue weighted by atomic mass is 10.3. The molecule has 0 fully saturated rings. The van der Waals surface area contributed by atoms with Gasteiger partial charge in [0.05, 0.1) is 0 Å². The summed E-state index contributed by atoms with van der Waals surface area (Å²) in [5, 5.41) is 17.0. The predicted molar refractivity (Wildman–Crippen MR) is 60.4 cm³/mol. The first kappa shape index (κ1) is 14.3. The highest BCUT2D eigenvalue weighted by Gasteiger charge is 2.17. The zero-order chi connectivity index (χ0) is 12.0. The van der Waals surface area contributed by atoms with Crippen molar-refractivity contribution < 1.29 is 19.8 Å². The van der Waals surface area contributed by atoms with Crippen molar-refractivity contribution in [1.82, 2.24) is 0 Å². The first-order chi connectivity index (χ1) is 6.86. The van der Waals surface area contributed by atoms with E-state index in [-0.39, 0.29) is 10.7 Å². The zero-order valence-electron chi connectivity index (χ0n) is 7.75. The van der Waals surface area contributed by atoms with E-state index in [2.05, 4.69) is 6.58 Å². The van der Waals surface area contributed by atoms with E-state index in [1.54, 1.807) is 0 Å². The van der Waals surface area contributed by atoms with Crippen LogP contribution < -0.4 is 11.5 Å². The van der Waals surface area contributed by atoms with Crippen molar-refractivity contribution in [3.05, 3.63) is 11.5 Å². The van der Waals surface area contributed by atoms with E-state index in [1.165, 1.54) is 0 Å². The Hall–Kier alpha value is -0.700. The van der Waals surface area contributed by atoms with Crippen molar-refractivity contribution >= 4 is 33.5 Å². The summed E-state index contributed by atoms with van der Waals surface area (Å²) < 4.78 is 0. The number of aliphatic carboxylic acids is 2. The average Bonchev–Trinajstić information content (AvgIpc) is 2.15. The van der Waals surface area contributed by atoms with Gasteiger partial charge in [0.15, 0.2) is 0 Å². The van der Waals surface area contributed by atoms with Crippen LogP contribution in [0.3, 0.4) is 0 Å². The van der Waals surface area contributed by atoms with Crippen LogP contribution in [-0.2, 0) is 9.59 Å². The van der Waals surface area contributed by atoms with Crippen molar-refractivity contribution in [2.45, 2.75) is 12.1 Å². The number of hydrogen-bond donors (Lipinski definition) is 4. The summed E-state index contributed by atoms with van der Waals surface area (Å²) in [5.74, 6) is -2.11. The molecule has 2 unspecified atom stereocenters. The molecule has 15 heavy (non-hydrogen) atoms. The highest BCUT2D eigenvalue weighted by Crippen LogP contribution is 2.30. The van der Waals surface area contributed by atoms with Gasteiger partial charge < -0.3 is 21.7 Å². The molecule has 0 radical (unpaired) electrons. The third-order valence-corrected chi connectivity index (χ3v) is 3.83. The van der Waals surface area contributed by atoms with Crippen LogP contribution >= 0.6 is 21.6 Å². The smallest absolute Gasteiger partial charge is 0.325 e. The van der Waals surface area contributed by atoms with Crippen molar-refractivity contribution in [2.75, 3.05) is 5.75 Å². The van der Waals surface area contributed by atoms with Crippen molar-refractivity contribution in [3.63, 3.8) is 0 Å². The van der Waals surface area contributed by atoms with Crippen molar-refractivity contribution in [3.8, 4) is 0 Å². The Balaban J connectivity index is 3.82. The second kappa shape index (κ2) is 6.72. The van der Waals surface area contributed by atoms with Gasteiger partial charge in [-0.15, -0.1) is 0 Å². The standard InChI is InChI=1S/C7H12N2O4S2/c1-3(5(9)7(12)13)15-14-2-4(8)6(10)11/h4-5H,1-2,8-9H2,(H,10,11)(H,12,13). The second-order valence-electron chi connectivity index (χ2n) is 2.59. The van der Waals surface area contributed by atoms with E-state index in [4.69, 9.17) is 21.7 Å². The third-order valence-electron chi connectivity index (χ3n) is 1.34. The van der Waals surface area contributed by atoms with E-state index in [0.717, 1.165) is 21.6 Å². The zero-order valence-corrected chi connectivity index (χ0v) is 9.38. The molecular weight excluding hydrogens is 240 g/mol. The fourth-order valence-electron chi connectivity index (χ4n) is 0.444. The van der Waals surface area contributed by atoms with Gasteiger partial charge in [-0.2, -0.15) is 0 Å². The lowest BCUT2D eigenvalue weighted by Crippen LogP contribution is -2.32. The molecule has 6 nitrogen and oxygen atoms in total. The van der Waals surface area contributed by atoms with Crippen molar-refractivity contribution in [1.29, 1.82) is 0 Å². The fourth-order valence-corrected chi connectivity index (χ4v) is 2.57. The van der Waals surface area contributed by atoms with Crippen LogP contribution in [0.5, 0.6) is 0 Å². The topological polar surface area (TPSA) is 127 Å². The summed E-state index contributed by atoms with van der Waals surface area (Å²) in [7, 11) is 2.14. The first-order valence-corrected chi connectivity index (χ1v) is 6.13. The van der Waals surface area contributed by atoms with E-state index in [0.29, 0.717) is 0 Å². The maximum atomic E-state index is 10.4. The van der Waals surface area contributed by atoms with Crippen LogP contribution in [0.4, 0.5) is 0 Å². The maximum Gasteiger partial charge on any atom is 0.325 e. The summed E-state index contributed by atoms with van der Waals surface area (Å²) >= 11 is 0. The molecule has 0 aliphatic carbocycles. The number of carboxylic acid groups (broad SMARTS) is 2. The van der Waals surface area contributed by atoms with Gasteiger partial charge in [0, 0.05) is 10.7 Å². The summed E-state index contributed by atoms with van der Waals surface area (Å²) in [4.78, 5) is 21.0. The van der Waals surface area contributed by atoms with E-state index >= 15 is 0 Å². The van der Waals surface area contributed by atoms with Gasteiger partial charge in [0.25, 0.3) is 0 Å². The molecule has 0 saturated heterocycles. The Labute approximate surface area is 94.5 Å². The van der Waals surface area contributed by atoms with Gasteiger partial charge in [0.1, 0.15) is 12.1 Å². The van der Waals surface area contributed by atoms with E-state index in [1.807, 2.05) is 0 Å². The molecule has 2 atom stereocenters. The predicted octanol–water partition coefficient (Wildman–Crippen LogP) is -0.295. The Morgan fingerprint density at radius 2 is 1.80 bits per heavy atom. The number of rotatable bonds is 7. The molecule has 0 rings (SSSR count). The fraction of sp³-hybridized carbons (Fsp3) is 0.429. The molecule has 0 aliphatic rings. The SMILES string of the molecule is C=C(SSCC(N)C(=O)O)C(N)C(=O)O. The van der Waals surface area contributed by atoms with Gasteiger partial charge in [-0.3, -0.25) is 9.59 Å². The lowest BCUT2D eigenvalue weighted by Gasteiger charge is -2.09. The van der Waals surface area contributed by atoms with Crippen LogP contribution in [0.15, 0.2) is 11.5 Å². The van der Waals surface area contributed by atoms with Gasteiger partial charge in [-0.1, -0.05) is 28.2 Å². The number of nitrogens with two attached hydrogens (primary N) is 2. The Morgan fingerprint density at radius 3 is 2.20 bits per heavy atom. The molecule has 0 saturated carbocycles. The number of hydrogen-bond acceptors (Lipinski definition) is 6. The lowest BCUT2D eigenvalue weighted by molar-refractivity contribution is -0.138. The molecule has 86 valence electrons. The monoisotopic (exact) mass is 252 g/mol. The normalized spacial score (nSPS) is 14.3. The quantitative estimate of drug-likeness (QED) is 0.455. The largest absolute Gasteiger partial charge is 0.480 e. The molecule has 0 aromatic rings. The van der Waals surface area contributed by atoms with E-state index < -0.39 is 24.0 Å². The summed E-state index contributed by atoms with van der Waals surface area (Å²) in [6.45, 7) is 3.47. The Bertz CT molecular complexity index is 272.